The number of nitrogens with zero attached hydrogens (tertiary/aromatic N) is 1. The Morgan fingerprint density at radius 2 is 1.93 bits per heavy atom. The number of para-hydroxylation sites is 2. The van der Waals surface area contributed by atoms with Crippen LogP contribution in [-0.2, 0) is 0 Å². The van der Waals surface area contributed by atoms with E-state index in [0.29, 0.717) is 0 Å². The first kappa shape index (κ1) is 8.24. The number of benzene rings is 1. The van der Waals surface area contributed by atoms with Crippen molar-refractivity contribution in [2.24, 2.45) is 4.99 Å². The first-order valence-electron chi connectivity index (χ1n) is 4.84. The molecule has 2 nitrogen and oxygen atoms in total. The number of fused-ring (bicyclic) bond motifs is 2. The van der Waals surface area contributed by atoms with Crippen LogP contribution < -0.4 is 4.74 Å². The summed E-state index contributed by atoms with van der Waals surface area (Å²) in [6.45, 7) is 0. The Labute approximate surface area is 87.9 Å². The molecule has 0 bridgehead atoms. The fraction of sp³-hybridized carbons (Fsp3) is 0. The lowest BCUT2D eigenvalue weighted by molar-refractivity contribution is 0.451. The molecule has 0 amide bonds. The maximum atomic E-state index is 5.74. The molecule has 1 aromatic carbocycles. The van der Waals surface area contributed by atoms with E-state index in [1.54, 1.807) is 0 Å². The van der Waals surface area contributed by atoms with Crippen molar-refractivity contribution in [3.63, 3.8) is 0 Å². The van der Waals surface area contributed by atoms with Crippen LogP contribution in [0.4, 0.5) is 5.69 Å². The van der Waals surface area contributed by atoms with Gasteiger partial charge >= 0.3 is 0 Å². The number of aliphatic imine (C=N–C) groups is 1. The third kappa shape index (κ3) is 1.40. The summed E-state index contributed by atoms with van der Waals surface area (Å²) in [4.78, 5) is 4.52. The van der Waals surface area contributed by atoms with Crippen LogP contribution >= 0.6 is 0 Å². The minimum atomic E-state index is 0.804. The number of hydrogen-bond acceptors (Lipinski definition) is 2. The van der Waals surface area contributed by atoms with Crippen molar-refractivity contribution < 1.29 is 4.74 Å². The predicted octanol–water partition coefficient (Wildman–Crippen LogP) is 3.16. The second kappa shape index (κ2) is 3.24. The van der Waals surface area contributed by atoms with Gasteiger partial charge in [0.1, 0.15) is 11.4 Å². The van der Waals surface area contributed by atoms with Crippen molar-refractivity contribution in [2.45, 2.75) is 0 Å². The minimum Gasteiger partial charge on any atom is -0.453 e. The molecule has 2 aliphatic rings. The SMILES string of the molecule is C1=CC=C2Oc3ccccc3N=C2C=C1. The molecule has 3 rings (SSSR count). The zero-order chi connectivity index (χ0) is 10.1. The van der Waals surface area contributed by atoms with Crippen LogP contribution in [0.15, 0.2) is 65.4 Å². The molecule has 0 atom stereocenters. The third-order valence-electron chi connectivity index (χ3n) is 2.30. The van der Waals surface area contributed by atoms with Gasteiger partial charge in [-0.15, -0.1) is 0 Å². The summed E-state index contributed by atoms with van der Waals surface area (Å²) in [5.74, 6) is 1.62. The molecule has 1 aliphatic heterocycles. The molecular weight excluding hydrogens is 186 g/mol. The van der Waals surface area contributed by atoms with Gasteiger partial charge < -0.3 is 4.74 Å². The van der Waals surface area contributed by atoms with Crippen LogP contribution in [0, 0.1) is 0 Å². The molecule has 0 saturated heterocycles. The van der Waals surface area contributed by atoms with Gasteiger partial charge in [0.25, 0.3) is 0 Å². The van der Waals surface area contributed by atoms with Gasteiger partial charge in [-0.25, -0.2) is 4.99 Å². The van der Waals surface area contributed by atoms with Gasteiger partial charge in [-0.1, -0.05) is 30.4 Å². The topological polar surface area (TPSA) is 21.6 Å². The van der Waals surface area contributed by atoms with Crippen LogP contribution in [0.25, 0.3) is 0 Å². The van der Waals surface area contributed by atoms with Crippen molar-refractivity contribution in [1.82, 2.24) is 0 Å². The number of rotatable bonds is 0. The summed E-state index contributed by atoms with van der Waals surface area (Å²) in [5.41, 5.74) is 1.76. The van der Waals surface area contributed by atoms with Gasteiger partial charge in [-0.3, -0.25) is 0 Å². The number of allylic oxidation sites excluding steroid dienone is 5. The Bertz CT molecular complexity index is 521. The summed E-state index contributed by atoms with van der Waals surface area (Å²) < 4.78 is 5.74. The van der Waals surface area contributed by atoms with E-state index in [4.69, 9.17) is 4.74 Å². The Hall–Kier alpha value is -2.09. The smallest absolute Gasteiger partial charge is 0.153 e. The van der Waals surface area contributed by atoms with Crippen LogP contribution in [0.1, 0.15) is 0 Å². The third-order valence-corrected chi connectivity index (χ3v) is 2.30. The van der Waals surface area contributed by atoms with Crippen molar-refractivity contribution in [3.8, 4) is 5.75 Å². The first-order chi connectivity index (χ1) is 7.43. The lowest BCUT2D eigenvalue weighted by atomic mass is 10.2. The second-order valence-corrected chi connectivity index (χ2v) is 3.34. The second-order valence-electron chi connectivity index (χ2n) is 3.34. The van der Waals surface area contributed by atoms with E-state index >= 15 is 0 Å². The van der Waals surface area contributed by atoms with Crippen molar-refractivity contribution in [2.75, 3.05) is 0 Å². The van der Waals surface area contributed by atoms with Crippen molar-refractivity contribution in [1.29, 1.82) is 0 Å². The van der Waals surface area contributed by atoms with E-state index < -0.39 is 0 Å². The highest BCUT2D eigenvalue weighted by Crippen LogP contribution is 2.33. The van der Waals surface area contributed by atoms with Gasteiger partial charge in [0.15, 0.2) is 11.5 Å². The largest absolute Gasteiger partial charge is 0.453 e. The summed E-state index contributed by atoms with van der Waals surface area (Å²) >= 11 is 0. The molecule has 2 heteroatoms. The van der Waals surface area contributed by atoms with Crippen LogP contribution in [0.2, 0.25) is 0 Å². The molecule has 0 saturated carbocycles. The minimum absolute atomic E-state index is 0.804. The lowest BCUT2D eigenvalue weighted by Gasteiger charge is -2.16. The zero-order valence-corrected chi connectivity index (χ0v) is 8.05. The van der Waals surface area contributed by atoms with E-state index in [1.807, 2.05) is 54.6 Å². The summed E-state index contributed by atoms with van der Waals surface area (Å²) in [5, 5.41) is 0. The molecule has 0 unspecified atom stereocenters. The fourth-order valence-corrected chi connectivity index (χ4v) is 1.58. The molecule has 0 aromatic heterocycles. The lowest BCUT2D eigenvalue weighted by Crippen LogP contribution is -2.09. The normalized spacial score (nSPS) is 16.8. The maximum absolute atomic E-state index is 5.74. The highest BCUT2D eigenvalue weighted by Gasteiger charge is 2.16. The monoisotopic (exact) mass is 195 g/mol. The van der Waals surface area contributed by atoms with E-state index in [9.17, 15) is 0 Å². The average molecular weight is 195 g/mol. The first-order valence-corrected chi connectivity index (χ1v) is 4.84. The molecule has 0 radical (unpaired) electrons. The fourth-order valence-electron chi connectivity index (χ4n) is 1.58. The van der Waals surface area contributed by atoms with E-state index in [-0.39, 0.29) is 0 Å². The molecular formula is C13H9NO. The molecule has 1 heterocycles. The Morgan fingerprint density at radius 3 is 2.93 bits per heavy atom. The van der Waals surface area contributed by atoms with E-state index in [0.717, 1.165) is 22.9 Å². The van der Waals surface area contributed by atoms with E-state index in [1.165, 1.54) is 0 Å². The van der Waals surface area contributed by atoms with Gasteiger partial charge in [0, 0.05) is 0 Å². The van der Waals surface area contributed by atoms with E-state index in [2.05, 4.69) is 4.99 Å². The summed E-state index contributed by atoms with van der Waals surface area (Å²) in [6.07, 6.45) is 9.74. The Morgan fingerprint density at radius 1 is 1.00 bits per heavy atom. The molecule has 0 fully saturated rings. The molecule has 15 heavy (non-hydrogen) atoms. The van der Waals surface area contributed by atoms with Crippen LogP contribution in [-0.4, -0.2) is 5.71 Å². The molecule has 1 aromatic rings. The van der Waals surface area contributed by atoms with Gasteiger partial charge in [-0.05, 0) is 24.3 Å². The standard InChI is InChI=1S/C13H9NO/c1-2-6-10-12(8-3-1)15-13-9-5-4-7-11(13)14-10/h1-9H. The highest BCUT2D eigenvalue weighted by atomic mass is 16.5. The van der Waals surface area contributed by atoms with Gasteiger partial charge in [-0.2, -0.15) is 0 Å². The Kier molecular flexibility index (Phi) is 1.78. The zero-order valence-electron chi connectivity index (χ0n) is 8.05. The summed E-state index contributed by atoms with van der Waals surface area (Å²) in [6, 6.07) is 7.78. The molecule has 0 N–H and O–H groups in total. The van der Waals surface area contributed by atoms with Gasteiger partial charge in [0.05, 0.1) is 0 Å². The quantitative estimate of drug-likeness (QED) is 0.623. The number of ether oxygens (including phenoxy) is 1. The maximum Gasteiger partial charge on any atom is 0.153 e. The molecule has 72 valence electrons. The van der Waals surface area contributed by atoms with Gasteiger partial charge in [0.2, 0.25) is 0 Å². The average Bonchev–Trinajstić information content (AvgIpc) is 2.50. The van der Waals surface area contributed by atoms with Crippen molar-refractivity contribution >= 4 is 11.4 Å². The molecule has 0 spiro atoms. The highest BCUT2D eigenvalue weighted by molar-refractivity contribution is 6.10. The van der Waals surface area contributed by atoms with Crippen LogP contribution in [0.3, 0.4) is 0 Å². The molecule has 1 aliphatic carbocycles. The van der Waals surface area contributed by atoms with Crippen molar-refractivity contribution in [3.05, 3.63) is 60.4 Å². The number of hydrogen-bond donors (Lipinski definition) is 0. The van der Waals surface area contributed by atoms with Crippen LogP contribution in [0.5, 0.6) is 5.75 Å². The predicted molar refractivity (Wildman–Crippen MR) is 60.5 cm³/mol. The summed E-state index contributed by atoms with van der Waals surface area (Å²) in [7, 11) is 0. The Balaban J connectivity index is 2.17.